The molecule has 2 aromatic rings. The van der Waals surface area contributed by atoms with Crippen LogP contribution in [0.15, 0.2) is 29.6 Å². The van der Waals surface area contributed by atoms with Gasteiger partial charge in [0.15, 0.2) is 5.13 Å². The summed E-state index contributed by atoms with van der Waals surface area (Å²) in [5, 5.41) is 17.8. The first-order valence-electron chi connectivity index (χ1n) is 6.09. The summed E-state index contributed by atoms with van der Waals surface area (Å²) < 4.78 is 14.0. The van der Waals surface area contributed by atoms with Crippen molar-refractivity contribution in [2.75, 3.05) is 0 Å². The maximum Gasteiger partial charge on any atom is 0.307 e. The number of rotatable bonds is 5. The van der Waals surface area contributed by atoms with Gasteiger partial charge in [0.1, 0.15) is 17.9 Å². The molecule has 8 nitrogen and oxygen atoms in total. The fourth-order valence-corrected chi connectivity index (χ4v) is 2.11. The standard InChI is InChI=1S/C12H12FN5O3S/c1-12(2,17-7-8(5-15-17)18(20)21)11(19)16-14-6-9-3-4-10(13)22-9/h3-7H,1-2H3,(H,16,19)/b14-6+. The van der Waals surface area contributed by atoms with Crippen molar-refractivity contribution < 1.29 is 14.1 Å². The van der Waals surface area contributed by atoms with Gasteiger partial charge >= 0.3 is 5.69 Å². The molecule has 0 bridgehead atoms. The summed E-state index contributed by atoms with van der Waals surface area (Å²) in [6.07, 6.45) is 3.54. The van der Waals surface area contributed by atoms with Crippen molar-refractivity contribution in [2.45, 2.75) is 19.4 Å². The van der Waals surface area contributed by atoms with Crippen molar-refractivity contribution in [3.05, 3.63) is 44.6 Å². The number of nitro groups is 1. The van der Waals surface area contributed by atoms with Crippen LogP contribution in [-0.4, -0.2) is 26.8 Å². The summed E-state index contributed by atoms with van der Waals surface area (Å²) >= 11 is 0.890. The van der Waals surface area contributed by atoms with E-state index < -0.39 is 16.4 Å². The molecule has 0 spiro atoms. The molecule has 0 fully saturated rings. The molecule has 0 aliphatic heterocycles. The van der Waals surface area contributed by atoms with E-state index in [4.69, 9.17) is 0 Å². The Balaban J connectivity index is 2.06. The highest BCUT2D eigenvalue weighted by Crippen LogP contribution is 2.18. The van der Waals surface area contributed by atoms with Crippen molar-refractivity contribution >= 4 is 29.1 Å². The third kappa shape index (κ3) is 3.34. The topological polar surface area (TPSA) is 102 Å². The Morgan fingerprint density at radius 3 is 2.86 bits per heavy atom. The Hall–Kier alpha value is -2.62. The number of halogens is 1. The maximum absolute atomic E-state index is 12.8. The second-order valence-electron chi connectivity index (χ2n) is 4.80. The molecule has 0 aromatic carbocycles. The van der Waals surface area contributed by atoms with Crippen LogP contribution in [-0.2, 0) is 10.3 Å². The summed E-state index contributed by atoms with van der Waals surface area (Å²) in [5.74, 6) is -0.515. The van der Waals surface area contributed by atoms with Gasteiger partial charge in [-0.1, -0.05) is 0 Å². The molecule has 0 aliphatic rings. The van der Waals surface area contributed by atoms with Crippen LogP contribution in [0.3, 0.4) is 0 Å². The van der Waals surface area contributed by atoms with E-state index in [1.54, 1.807) is 13.8 Å². The molecule has 10 heteroatoms. The van der Waals surface area contributed by atoms with Crippen LogP contribution in [0.5, 0.6) is 0 Å². The molecule has 0 aliphatic carbocycles. The first-order chi connectivity index (χ1) is 10.3. The molecule has 1 N–H and O–H groups in total. The second-order valence-corrected chi connectivity index (χ2v) is 5.87. The van der Waals surface area contributed by atoms with E-state index in [2.05, 4.69) is 15.6 Å². The molecule has 1 amide bonds. The van der Waals surface area contributed by atoms with Crippen molar-refractivity contribution in [1.82, 2.24) is 15.2 Å². The zero-order valence-electron chi connectivity index (χ0n) is 11.7. The van der Waals surface area contributed by atoms with E-state index in [0.29, 0.717) is 4.88 Å². The lowest BCUT2D eigenvalue weighted by atomic mass is 10.1. The van der Waals surface area contributed by atoms with Crippen LogP contribution in [0.25, 0.3) is 0 Å². The third-order valence-electron chi connectivity index (χ3n) is 2.86. The van der Waals surface area contributed by atoms with E-state index in [1.165, 1.54) is 23.0 Å². The van der Waals surface area contributed by atoms with E-state index in [0.717, 1.165) is 23.7 Å². The van der Waals surface area contributed by atoms with Crippen LogP contribution in [0.1, 0.15) is 18.7 Å². The Kier molecular flexibility index (Phi) is 4.31. The van der Waals surface area contributed by atoms with Crippen molar-refractivity contribution in [3.8, 4) is 0 Å². The van der Waals surface area contributed by atoms with Gasteiger partial charge in [-0.15, -0.1) is 11.3 Å². The lowest BCUT2D eigenvalue weighted by molar-refractivity contribution is -0.385. The largest absolute Gasteiger partial charge is 0.307 e. The average molecular weight is 325 g/mol. The van der Waals surface area contributed by atoms with Crippen molar-refractivity contribution in [2.24, 2.45) is 5.10 Å². The van der Waals surface area contributed by atoms with Crippen LogP contribution in [0, 0.1) is 15.2 Å². The summed E-state index contributed by atoms with van der Waals surface area (Å²) in [6.45, 7) is 3.08. The quantitative estimate of drug-likeness (QED) is 0.515. The van der Waals surface area contributed by atoms with Gasteiger partial charge in [0, 0.05) is 0 Å². The molecule has 2 rings (SSSR count). The van der Waals surface area contributed by atoms with Gasteiger partial charge in [-0.3, -0.25) is 19.6 Å². The molecule has 22 heavy (non-hydrogen) atoms. The first kappa shape index (κ1) is 15.8. The summed E-state index contributed by atoms with van der Waals surface area (Å²) in [7, 11) is 0. The maximum atomic E-state index is 12.8. The van der Waals surface area contributed by atoms with Crippen LogP contribution < -0.4 is 5.43 Å². The van der Waals surface area contributed by atoms with Gasteiger partial charge in [-0.05, 0) is 26.0 Å². The highest BCUT2D eigenvalue weighted by molar-refractivity contribution is 7.12. The summed E-state index contributed by atoms with van der Waals surface area (Å²) in [4.78, 5) is 22.7. The Labute approximate surface area is 128 Å². The van der Waals surface area contributed by atoms with Crippen molar-refractivity contribution in [1.29, 1.82) is 0 Å². The predicted octanol–water partition coefficient (Wildman–Crippen LogP) is 1.88. The summed E-state index contributed by atoms with van der Waals surface area (Å²) in [6, 6.07) is 2.82. The molecule has 0 unspecified atom stereocenters. The number of amides is 1. The van der Waals surface area contributed by atoms with Crippen LogP contribution in [0.4, 0.5) is 10.1 Å². The first-order valence-corrected chi connectivity index (χ1v) is 6.91. The van der Waals surface area contributed by atoms with Gasteiger partial charge in [-0.25, -0.2) is 5.43 Å². The normalized spacial score (nSPS) is 11.8. The smallest absolute Gasteiger partial charge is 0.270 e. The number of nitrogens with zero attached hydrogens (tertiary/aromatic N) is 4. The number of nitrogens with one attached hydrogen (secondary N) is 1. The van der Waals surface area contributed by atoms with E-state index in [-0.39, 0.29) is 10.8 Å². The molecule has 0 saturated carbocycles. The highest BCUT2D eigenvalue weighted by Gasteiger charge is 2.31. The number of hydrogen-bond acceptors (Lipinski definition) is 6. The van der Waals surface area contributed by atoms with Gasteiger partial charge in [0.2, 0.25) is 0 Å². The van der Waals surface area contributed by atoms with Crippen LogP contribution in [0.2, 0.25) is 0 Å². The van der Waals surface area contributed by atoms with E-state index in [1.807, 2.05) is 0 Å². The Bertz CT molecular complexity index is 737. The monoisotopic (exact) mass is 325 g/mol. The second kappa shape index (κ2) is 6.02. The molecule has 116 valence electrons. The fraction of sp³-hybridized carbons (Fsp3) is 0.250. The number of carbonyl (C=O) groups is 1. The minimum Gasteiger partial charge on any atom is -0.270 e. The molecule has 0 atom stereocenters. The highest BCUT2D eigenvalue weighted by atomic mass is 32.1. The number of thiophene rings is 1. The van der Waals surface area contributed by atoms with Crippen LogP contribution >= 0.6 is 11.3 Å². The van der Waals surface area contributed by atoms with E-state index in [9.17, 15) is 19.3 Å². The van der Waals surface area contributed by atoms with Gasteiger partial charge in [0.05, 0.1) is 16.0 Å². The fourth-order valence-electron chi connectivity index (χ4n) is 1.51. The lowest BCUT2D eigenvalue weighted by Gasteiger charge is -2.22. The third-order valence-corrected chi connectivity index (χ3v) is 3.67. The minimum atomic E-state index is -1.17. The number of hydrazone groups is 1. The minimum absolute atomic E-state index is 0.210. The summed E-state index contributed by atoms with van der Waals surface area (Å²) in [5.41, 5.74) is 0.918. The van der Waals surface area contributed by atoms with E-state index >= 15 is 0 Å². The Morgan fingerprint density at radius 2 is 2.32 bits per heavy atom. The predicted molar refractivity (Wildman–Crippen MR) is 78.2 cm³/mol. The molecule has 0 radical (unpaired) electrons. The van der Waals surface area contributed by atoms with Crippen molar-refractivity contribution in [3.63, 3.8) is 0 Å². The molecule has 2 heterocycles. The van der Waals surface area contributed by atoms with Gasteiger partial charge < -0.3 is 0 Å². The zero-order valence-corrected chi connectivity index (χ0v) is 12.5. The molecular weight excluding hydrogens is 313 g/mol. The average Bonchev–Trinajstić information content (AvgIpc) is 3.08. The molecule has 0 saturated heterocycles. The SMILES string of the molecule is CC(C)(C(=O)N/N=C/c1ccc(F)s1)n1cc([N+](=O)[O-])cn1. The molecular formula is C12H12FN5O3S. The van der Waals surface area contributed by atoms with Gasteiger partial charge in [-0.2, -0.15) is 14.6 Å². The number of aromatic nitrogens is 2. The number of hydrogen-bond donors (Lipinski definition) is 1. The number of carbonyl (C=O) groups excluding carboxylic acids is 1. The Morgan fingerprint density at radius 1 is 1.59 bits per heavy atom. The lowest BCUT2D eigenvalue weighted by Crippen LogP contribution is -2.42. The van der Waals surface area contributed by atoms with Gasteiger partial charge in [0.25, 0.3) is 5.91 Å². The molecule has 2 aromatic heterocycles. The zero-order chi connectivity index (χ0) is 16.3.